The molecule has 4 rings (SSSR count). The third kappa shape index (κ3) is 4.37. The zero-order valence-corrected chi connectivity index (χ0v) is 16.6. The van der Waals surface area contributed by atoms with E-state index in [2.05, 4.69) is 15.7 Å². The first-order chi connectivity index (χ1) is 14.1. The molecule has 144 valence electrons. The molecular formula is C21H15ClN4O2S. The summed E-state index contributed by atoms with van der Waals surface area (Å²) in [4.78, 5) is 25.4. The molecule has 8 heteroatoms. The van der Waals surface area contributed by atoms with Crippen molar-refractivity contribution >= 4 is 46.3 Å². The number of thiophene rings is 1. The first kappa shape index (κ1) is 18.9. The number of hydrogen-bond donors (Lipinski definition) is 2. The molecule has 0 aliphatic rings. The lowest BCUT2D eigenvalue weighted by molar-refractivity contribution is 0.101. The van der Waals surface area contributed by atoms with Crippen LogP contribution in [0.2, 0.25) is 5.02 Å². The summed E-state index contributed by atoms with van der Waals surface area (Å²) in [7, 11) is 0. The average molecular weight is 423 g/mol. The van der Waals surface area contributed by atoms with Gasteiger partial charge in [0.05, 0.1) is 21.3 Å². The molecule has 0 aliphatic heterocycles. The summed E-state index contributed by atoms with van der Waals surface area (Å²) in [5.74, 6) is -0.217. The number of nitrogens with zero attached hydrogens (tertiary/aromatic N) is 2. The summed E-state index contributed by atoms with van der Waals surface area (Å²) in [6.45, 7) is 0. The van der Waals surface area contributed by atoms with Crippen LogP contribution in [0, 0.1) is 0 Å². The Morgan fingerprint density at radius 2 is 1.76 bits per heavy atom. The van der Waals surface area contributed by atoms with E-state index in [0.29, 0.717) is 27.0 Å². The standard InChI is InChI=1S/C21H15ClN4O2S/c22-16-9-8-14(13-17(16)23-21(28)18-7-4-12-29-18)20(27)24-19-10-11-26(25-19)15-5-2-1-3-6-15/h1-13H,(H,23,28)(H,24,25,27). The maximum Gasteiger partial charge on any atom is 0.265 e. The smallest absolute Gasteiger partial charge is 0.265 e. The van der Waals surface area contributed by atoms with Crippen LogP contribution in [0.3, 0.4) is 0 Å². The Labute approximate surface area is 175 Å². The predicted octanol–water partition coefficient (Wildman–Crippen LogP) is 5.09. The van der Waals surface area contributed by atoms with Gasteiger partial charge in [-0.25, -0.2) is 4.68 Å². The largest absolute Gasteiger partial charge is 0.320 e. The van der Waals surface area contributed by atoms with Crippen molar-refractivity contribution in [3.8, 4) is 5.69 Å². The van der Waals surface area contributed by atoms with Crippen LogP contribution >= 0.6 is 22.9 Å². The Bertz CT molecular complexity index is 1160. The number of carbonyl (C=O) groups is 2. The van der Waals surface area contributed by atoms with E-state index in [0.717, 1.165) is 5.69 Å². The Morgan fingerprint density at radius 1 is 0.931 bits per heavy atom. The van der Waals surface area contributed by atoms with Crippen molar-refractivity contribution in [1.82, 2.24) is 9.78 Å². The third-order valence-electron chi connectivity index (χ3n) is 4.07. The fraction of sp³-hybridized carbons (Fsp3) is 0. The number of para-hydroxylation sites is 1. The van der Waals surface area contributed by atoms with Gasteiger partial charge in [0.1, 0.15) is 0 Å². The van der Waals surface area contributed by atoms with Gasteiger partial charge in [0, 0.05) is 17.8 Å². The van der Waals surface area contributed by atoms with Gasteiger partial charge in [0.2, 0.25) is 0 Å². The van der Waals surface area contributed by atoms with Crippen LogP contribution in [-0.4, -0.2) is 21.6 Å². The number of amides is 2. The summed E-state index contributed by atoms with van der Waals surface area (Å²) in [5.41, 5.74) is 1.61. The van der Waals surface area contributed by atoms with Crippen molar-refractivity contribution in [1.29, 1.82) is 0 Å². The molecule has 0 radical (unpaired) electrons. The Hall–Kier alpha value is -3.42. The predicted molar refractivity (Wildman–Crippen MR) is 115 cm³/mol. The van der Waals surface area contributed by atoms with Gasteiger partial charge in [-0.2, -0.15) is 5.10 Å². The highest BCUT2D eigenvalue weighted by atomic mass is 35.5. The second-order valence-corrected chi connectivity index (χ2v) is 7.42. The van der Waals surface area contributed by atoms with Crippen molar-refractivity contribution in [3.63, 3.8) is 0 Å². The van der Waals surface area contributed by atoms with Crippen molar-refractivity contribution in [3.05, 3.63) is 93.8 Å². The number of benzene rings is 2. The molecule has 2 heterocycles. The van der Waals surface area contributed by atoms with Crippen LogP contribution in [-0.2, 0) is 0 Å². The van der Waals surface area contributed by atoms with Crippen molar-refractivity contribution < 1.29 is 9.59 Å². The van der Waals surface area contributed by atoms with Gasteiger partial charge in [-0.05, 0) is 41.8 Å². The van der Waals surface area contributed by atoms with E-state index < -0.39 is 0 Å². The Balaban J connectivity index is 1.49. The number of nitrogens with one attached hydrogen (secondary N) is 2. The lowest BCUT2D eigenvalue weighted by Gasteiger charge is -2.09. The average Bonchev–Trinajstić information content (AvgIpc) is 3.42. The van der Waals surface area contributed by atoms with E-state index in [1.165, 1.54) is 17.4 Å². The fourth-order valence-electron chi connectivity index (χ4n) is 2.66. The number of hydrogen-bond acceptors (Lipinski definition) is 4. The molecule has 2 amide bonds. The summed E-state index contributed by atoms with van der Waals surface area (Å²) in [6.07, 6.45) is 1.76. The molecule has 2 N–H and O–H groups in total. The van der Waals surface area contributed by atoms with E-state index in [4.69, 9.17) is 11.6 Å². The van der Waals surface area contributed by atoms with Gasteiger partial charge >= 0.3 is 0 Å². The first-order valence-electron chi connectivity index (χ1n) is 8.67. The van der Waals surface area contributed by atoms with Crippen molar-refractivity contribution in [2.24, 2.45) is 0 Å². The molecule has 2 aromatic carbocycles. The lowest BCUT2D eigenvalue weighted by atomic mass is 10.2. The Kier molecular flexibility index (Phi) is 5.41. The van der Waals surface area contributed by atoms with Gasteiger partial charge in [-0.3, -0.25) is 9.59 Å². The zero-order chi connectivity index (χ0) is 20.2. The molecule has 0 saturated heterocycles. The summed E-state index contributed by atoms with van der Waals surface area (Å²) in [6, 6.07) is 19.5. The van der Waals surface area contributed by atoms with Crippen LogP contribution in [0.5, 0.6) is 0 Å². The van der Waals surface area contributed by atoms with E-state index >= 15 is 0 Å². The topological polar surface area (TPSA) is 76.0 Å². The van der Waals surface area contributed by atoms with Crippen LogP contribution in [0.25, 0.3) is 5.69 Å². The minimum atomic E-state index is -0.355. The summed E-state index contributed by atoms with van der Waals surface area (Å²) >= 11 is 7.50. The van der Waals surface area contributed by atoms with Gasteiger partial charge in [-0.1, -0.05) is 35.9 Å². The van der Waals surface area contributed by atoms with Gasteiger partial charge < -0.3 is 10.6 Å². The molecule has 0 saturated carbocycles. The van der Waals surface area contributed by atoms with Crippen LogP contribution < -0.4 is 10.6 Å². The number of carbonyl (C=O) groups excluding carboxylic acids is 2. The Morgan fingerprint density at radius 3 is 2.52 bits per heavy atom. The molecule has 0 atom stereocenters. The quantitative estimate of drug-likeness (QED) is 0.470. The van der Waals surface area contributed by atoms with E-state index in [1.807, 2.05) is 35.7 Å². The fourth-order valence-corrected chi connectivity index (χ4v) is 3.44. The molecule has 29 heavy (non-hydrogen) atoms. The first-order valence-corrected chi connectivity index (χ1v) is 9.93. The highest BCUT2D eigenvalue weighted by Gasteiger charge is 2.14. The van der Waals surface area contributed by atoms with Crippen molar-refractivity contribution in [2.75, 3.05) is 10.6 Å². The molecular weight excluding hydrogens is 408 g/mol. The number of rotatable bonds is 5. The number of aromatic nitrogens is 2. The summed E-state index contributed by atoms with van der Waals surface area (Å²) < 4.78 is 1.67. The van der Waals surface area contributed by atoms with Crippen LogP contribution in [0.4, 0.5) is 11.5 Å². The minimum absolute atomic E-state index is 0.277. The van der Waals surface area contributed by atoms with Crippen LogP contribution in [0.15, 0.2) is 78.3 Å². The van der Waals surface area contributed by atoms with E-state index in [9.17, 15) is 9.59 Å². The molecule has 0 spiro atoms. The summed E-state index contributed by atoms with van der Waals surface area (Å²) in [5, 5.41) is 12.0. The van der Waals surface area contributed by atoms with Gasteiger partial charge in [0.25, 0.3) is 11.8 Å². The molecule has 0 aliphatic carbocycles. The molecule has 0 bridgehead atoms. The van der Waals surface area contributed by atoms with Gasteiger partial charge in [-0.15, -0.1) is 11.3 Å². The molecule has 2 aromatic heterocycles. The molecule has 6 nitrogen and oxygen atoms in total. The normalized spacial score (nSPS) is 10.5. The van der Waals surface area contributed by atoms with Crippen LogP contribution in [0.1, 0.15) is 20.0 Å². The second kappa shape index (κ2) is 8.30. The second-order valence-electron chi connectivity index (χ2n) is 6.06. The molecule has 0 unspecified atom stereocenters. The highest BCUT2D eigenvalue weighted by Crippen LogP contribution is 2.25. The highest BCUT2D eigenvalue weighted by molar-refractivity contribution is 7.12. The van der Waals surface area contributed by atoms with E-state index in [1.54, 1.807) is 41.2 Å². The van der Waals surface area contributed by atoms with Crippen molar-refractivity contribution in [2.45, 2.75) is 0 Å². The zero-order valence-electron chi connectivity index (χ0n) is 15.0. The SMILES string of the molecule is O=C(Nc1ccn(-c2ccccc2)n1)c1ccc(Cl)c(NC(=O)c2cccs2)c1. The maximum absolute atomic E-state index is 12.6. The molecule has 0 fully saturated rings. The van der Waals surface area contributed by atoms with Gasteiger partial charge in [0.15, 0.2) is 5.82 Å². The van der Waals surface area contributed by atoms with E-state index in [-0.39, 0.29) is 11.8 Å². The minimum Gasteiger partial charge on any atom is -0.320 e. The number of anilines is 2. The number of halogens is 1. The lowest BCUT2D eigenvalue weighted by Crippen LogP contribution is -2.15. The monoisotopic (exact) mass is 422 g/mol. The molecule has 4 aromatic rings. The third-order valence-corrected chi connectivity index (χ3v) is 5.27. The maximum atomic E-state index is 12.6.